The minimum atomic E-state index is -4.43. The van der Waals surface area contributed by atoms with E-state index >= 15 is 0 Å². The van der Waals surface area contributed by atoms with Crippen LogP contribution in [0.1, 0.15) is 111 Å². The number of hydrogen-bond acceptors (Lipinski definition) is 3. The minimum absolute atomic E-state index is 0. The molecule has 2 aromatic rings. The third-order valence-corrected chi connectivity index (χ3v) is 5.92. The summed E-state index contributed by atoms with van der Waals surface area (Å²) in [5, 5.41) is 10.6. The van der Waals surface area contributed by atoms with E-state index in [2.05, 4.69) is 9.98 Å². The SMILES string of the molecule is CC.CC.CC.CCC(=NC1=C(C)CCC(C(F)(F)F)=C1)c1nc(-c2cc(C)c(F)c(F)c2)ccc1C(O)CC.O. The van der Waals surface area contributed by atoms with E-state index in [4.69, 9.17) is 0 Å². The van der Waals surface area contributed by atoms with Gasteiger partial charge in [0, 0.05) is 16.7 Å². The predicted molar refractivity (Wildman–Crippen MR) is 160 cm³/mol. The van der Waals surface area contributed by atoms with Crippen LogP contribution in [0.25, 0.3) is 11.3 Å². The summed E-state index contributed by atoms with van der Waals surface area (Å²) in [7, 11) is 0. The van der Waals surface area contributed by atoms with Crippen molar-refractivity contribution in [3.63, 3.8) is 0 Å². The van der Waals surface area contributed by atoms with E-state index in [-0.39, 0.29) is 29.6 Å². The van der Waals surface area contributed by atoms with Crippen LogP contribution in [-0.4, -0.2) is 27.5 Å². The van der Waals surface area contributed by atoms with Gasteiger partial charge in [-0.15, -0.1) is 0 Å². The fourth-order valence-electron chi connectivity index (χ4n) is 3.83. The highest BCUT2D eigenvalue weighted by molar-refractivity contribution is 6.01. The molecular formula is C32H47F5N2O2. The summed E-state index contributed by atoms with van der Waals surface area (Å²) in [6, 6.07) is 5.76. The highest BCUT2D eigenvalue weighted by Gasteiger charge is 2.34. The third kappa shape index (κ3) is 10.8. The summed E-state index contributed by atoms with van der Waals surface area (Å²) in [5.41, 5.74) is 2.31. The van der Waals surface area contributed by atoms with E-state index in [0.29, 0.717) is 41.1 Å². The van der Waals surface area contributed by atoms with E-state index in [1.54, 1.807) is 32.9 Å². The van der Waals surface area contributed by atoms with Gasteiger partial charge < -0.3 is 10.6 Å². The van der Waals surface area contributed by atoms with E-state index in [9.17, 15) is 27.1 Å². The lowest BCUT2D eigenvalue weighted by Gasteiger charge is -2.20. The number of hydrogen-bond donors (Lipinski definition) is 1. The largest absolute Gasteiger partial charge is 0.412 e. The molecule has 0 saturated carbocycles. The Morgan fingerprint density at radius 2 is 1.56 bits per heavy atom. The molecule has 0 amide bonds. The maximum absolute atomic E-state index is 14.0. The highest BCUT2D eigenvalue weighted by Crippen LogP contribution is 2.36. The van der Waals surface area contributed by atoms with Gasteiger partial charge in [0.25, 0.3) is 0 Å². The summed E-state index contributed by atoms with van der Waals surface area (Å²) in [4.78, 5) is 9.15. The number of aliphatic hydroxyl groups is 1. The Morgan fingerprint density at radius 1 is 0.976 bits per heavy atom. The van der Waals surface area contributed by atoms with Crippen molar-refractivity contribution < 1.29 is 32.5 Å². The number of halogens is 5. The monoisotopic (exact) mass is 586 g/mol. The standard InChI is InChI=1S/C26H27F5N2O.3C2H6.H2O/c1-5-20(32-22-13-17(26(29,30)31)8-7-14(22)3)25-18(23(34)6-2)9-10-21(33-25)16-11-15(4)24(28)19(27)12-16;3*1-2;/h9-13,23,34H,5-8H2,1-4H3;3*1-2H3;1H2. The van der Waals surface area contributed by atoms with Gasteiger partial charge in [-0.2, -0.15) is 13.2 Å². The number of allylic oxidation sites excluding steroid dienone is 3. The molecule has 41 heavy (non-hydrogen) atoms. The summed E-state index contributed by atoms with van der Waals surface area (Å²) in [6.45, 7) is 18.8. The number of rotatable bonds is 6. The molecule has 0 aliphatic heterocycles. The zero-order valence-electron chi connectivity index (χ0n) is 26.0. The van der Waals surface area contributed by atoms with Gasteiger partial charge in [-0.3, -0.25) is 4.99 Å². The molecule has 0 spiro atoms. The first-order valence-electron chi connectivity index (χ1n) is 14.2. The van der Waals surface area contributed by atoms with Gasteiger partial charge in [0.05, 0.1) is 28.9 Å². The Balaban J connectivity index is 0. The number of aromatic nitrogens is 1. The number of benzene rings is 1. The molecule has 0 fully saturated rings. The number of nitrogens with zero attached hydrogens (tertiary/aromatic N) is 2. The molecule has 0 bridgehead atoms. The molecule has 1 aromatic heterocycles. The van der Waals surface area contributed by atoms with Crippen molar-refractivity contribution in [2.75, 3.05) is 0 Å². The van der Waals surface area contributed by atoms with Crippen LogP contribution < -0.4 is 0 Å². The van der Waals surface area contributed by atoms with Gasteiger partial charge in [-0.05, 0) is 74.9 Å². The molecule has 1 atom stereocenters. The first-order chi connectivity index (χ1) is 19.0. The molecule has 3 rings (SSSR count). The molecule has 0 radical (unpaired) electrons. The lowest BCUT2D eigenvalue weighted by molar-refractivity contribution is -0.0942. The second-order valence-corrected chi connectivity index (χ2v) is 8.39. The number of alkyl halides is 3. The Labute approximate surface area is 242 Å². The second kappa shape index (κ2) is 19.3. The number of pyridine rings is 1. The van der Waals surface area contributed by atoms with Crippen molar-refractivity contribution in [3.05, 3.63) is 75.6 Å². The van der Waals surface area contributed by atoms with Crippen LogP contribution in [0.4, 0.5) is 22.0 Å². The molecular weight excluding hydrogens is 539 g/mol. The van der Waals surface area contributed by atoms with Crippen LogP contribution in [0.5, 0.6) is 0 Å². The first kappa shape index (κ1) is 40.2. The first-order valence-corrected chi connectivity index (χ1v) is 14.2. The number of aliphatic hydroxyl groups excluding tert-OH is 1. The fraction of sp³-hybridized carbons (Fsp3) is 0.500. The summed E-state index contributed by atoms with van der Waals surface area (Å²) in [6.07, 6.45) is -3.38. The highest BCUT2D eigenvalue weighted by atomic mass is 19.4. The van der Waals surface area contributed by atoms with Crippen molar-refractivity contribution in [1.29, 1.82) is 0 Å². The fourth-order valence-corrected chi connectivity index (χ4v) is 3.83. The molecule has 1 aliphatic carbocycles. The van der Waals surface area contributed by atoms with Crippen LogP contribution in [0.2, 0.25) is 0 Å². The van der Waals surface area contributed by atoms with Gasteiger partial charge in [-0.25, -0.2) is 13.8 Å². The van der Waals surface area contributed by atoms with Gasteiger partial charge in [0.1, 0.15) is 0 Å². The van der Waals surface area contributed by atoms with Crippen LogP contribution in [0.3, 0.4) is 0 Å². The Morgan fingerprint density at radius 3 is 2.05 bits per heavy atom. The molecule has 232 valence electrons. The zero-order chi connectivity index (χ0) is 31.2. The van der Waals surface area contributed by atoms with Crippen molar-refractivity contribution >= 4 is 5.71 Å². The number of aryl methyl sites for hydroxylation is 1. The lowest BCUT2D eigenvalue weighted by atomic mass is 9.96. The average Bonchev–Trinajstić information content (AvgIpc) is 2.97. The van der Waals surface area contributed by atoms with E-state index in [1.807, 2.05) is 41.5 Å². The van der Waals surface area contributed by atoms with Crippen LogP contribution in [-0.2, 0) is 0 Å². The van der Waals surface area contributed by atoms with Crippen molar-refractivity contribution in [1.82, 2.24) is 4.98 Å². The van der Waals surface area contributed by atoms with Gasteiger partial charge in [-0.1, -0.05) is 61.5 Å². The van der Waals surface area contributed by atoms with E-state index in [0.717, 1.165) is 17.7 Å². The Bertz CT molecular complexity index is 1160. The molecule has 1 aromatic carbocycles. The molecule has 9 heteroatoms. The molecule has 1 aliphatic rings. The molecule has 0 saturated heterocycles. The van der Waals surface area contributed by atoms with Crippen LogP contribution >= 0.6 is 0 Å². The summed E-state index contributed by atoms with van der Waals surface area (Å²) < 4.78 is 67.7. The normalized spacial score (nSPS) is 13.8. The average molecular weight is 587 g/mol. The molecule has 1 unspecified atom stereocenters. The molecule has 4 nitrogen and oxygen atoms in total. The maximum atomic E-state index is 14.0. The quantitative estimate of drug-likeness (QED) is 0.270. The van der Waals surface area contributed by atoms with Crippen molar-refractivity contribution in [3.8, 4) is 11.3 Å². The smallest absolute Gasteiger partial charge is 0.412 e. The maximum Gasteiger partial charge on any atom is 0.412 e. The van der Waals surface area contributed by atoms with E-state index < -0.39 is 29.5 Å². The van der Waals surface area contributed by atoms with E-state index in [1.165, 1.54) is 13.0 Å². The van der Waals surface area contributed by atoms with Gasteiger partial charge in [0.15, 0.2) is 11.6 Å². The van der Waals surface area contributed by atoms with Gasteiger partial charge >= 0.3 is 6.18 Å². The van der Waals surface area contributed by atoms with Crippen molar-refractivity contribution in [2.45, 2.75) is 107 Å². The number of aliphatic imine (C=N–C) groups is 1. The predicted octanol–water partition coefficient (Wildman–Crippen LogP) is 9.79. The summed E-state index contributed by atoms with van der Waals surface area (Å²) in [5.74, 6) is -1.95. The minimum Gasteiger partial charge on any atom is -0.412 e. The Hall–Kier alpha value is -2.91. The van der Waals surface area contributed by atoms with Gasteiger partial charge in [0.2, 0.25) is 0 Å². The topological polar surface area (TPSA) is 77.0 Å². The second-order valence-electron chi connectivity index (χ2n) is 8.39. The Kier molecular flexibility index (Phi) is 18.9. The summed E-state index contributed by atoms with van der Waals surface area (Å²) >= 11 is 0. The molecule has 3 N–H and O–H groups in total. The van der Waals surface area contributed by atoms with Crippen molar-refractivity contribution in [2.24, 2.45) is 4.99 Å². The van der Waals surface area contributed by atoms with Crippen LogP contribution in [0, 0.1) is 18.6 Å². The lowest BCUT2D eigenvalue weighted by Crippen LogP contribution is -2.16. The third-order valence-electron chi connectivity index (χ3n) is 5.92. The molecule has 1 heterocycles. The van der Waals surface area contributed by atoms with Crippen LogP contribution in [0.15, 0.2) is 52.2 Å². The zero-order valence-corrected chi connectivity index (χ0v) is 26.0.